The van der Waals surface area contributed by atoms with Crippen LogP contribution in [0.3, 0.4) is 0 Å². The molecule has 0 unspecified atom stereocenters. The average Bonchev–Trinajstić information content (AvgIpc) is 2.52. The molecule has 1 N–H and O–H groups in total. The molecule has 0 aliphatic carbocycles. The van der Waals surface area contributed by atoms with E-state index in [0.717, 1.165) is 6.54 Å². The van der Waals surface area contributed by atoms with E-state index in [2.05, 4.69) is 75.1 Å². The maximum absolute atomic E-state index is 7.63. The first-order valence-corrected chi connectivity index (χ1v) is 7.88. The van der Waals surface area contributed by atoms with E-state index in [0.29, 0.717) is 6.54 Å². The highest BCUT2D eigenvalue weighted by atomic mass is 15.1. The zero-order valence-corrected chi connectivity index (χ0v) is 14.1. The van der Waals surface area contributed by atoms with Gasteiger partial charge in [-0.15, -0.1) is 0 Å². The molecule has 0 radical (unpaired) electrons. The van der Waals surface area contributed by atoms with Gasteiger partial charge >= 0.3 is 0 Å². The van der Waals surface area contributed by atoms with Crippen molar-refractivity contribution in [3.8, 4) is 11.8 Å². The van der Waals surface area contributed by atoms with Crippen LogP contribution in [0.2, 0.25) is 0 Å². The van der Waals surface area contributed by atoms with Crippen LogP contribution in [0, 0.1) is 22.7 Å². The van der Waals surface area contributed by atoms with E-state index in [-0.39, 0.29) is 5.41 Å². The molecule has 0 heterocycles. The van der Waals surface area contributed by atoms with Crippen molar-refractivity contribution in [1.29, 1.82) is 5.41 Å². The summed E-state index contributed by atoms with van der Waals surface area (Å²) in [6.07, 6.45) is 5.28. The molecule has 2 aromatic rings. The molecule has 0 saturated carbocycles. The topological polar surface area (TPSA) is 27.1 Å². The third-order valence-corrected chi connectivity index (χ3v) is 3.42. The van der Waals surface area contributed by atoms with Crippen LogP contribution in [0.1, 0.15) is 26.3 Å². The predicted octanol–water partition coefficient (Wildman–Crippen LogP) is 4.85. The molecule has 0 aliphatic rings. The number of nitrogens with zero attached hydrogens (tertiary/aromatic N) is 1. The molecule has 0 amide bonds. The van der Waals surface area contributed by atoms with Crippen molar-refractivity contribution in [2.45, 2.75) is 27.3 Å². The van der Waals surface area contributed by atoms with Gasteiger partial charge in [0.25, 0.3) is 0 Å². The summed E-state index contributed by atoms with van der Waals surface area (Å²) in [6, 6.07) is 14.7. The molecule has 23 heavy (non-hydrogen) atoms. The number of benzene rings is 2. The van der Waals surface area contributed by atoms with E-state index < -0.39 is 0 Å². The maximum atomic E-state index is 7.63. The second kappa shape index (κ2) is 7.65. The fraction of sp³-hybridized carbons (Fsp3) is 0.286. The van der Waals surface area contributed by atoms with E-state index in [9.17, 15) is 0 Å². The van der Waals surface area contributed by atoms with Gasteiger partial charge in [0.1, 0.15) is 0 Å². The molecule has 2 rings (SSSR count). The van der Waals surface area contributed by atoms with Crippen molar-refractivity contribution in [1.82, 2.24) is 4.90 Å². The normalized spacial score (nSPS) is 11.3. The molecule has 2 heteroatoms. The molecule has 0 bridgehead atoms. The largest absolute Gasteiger partial charge is 0.355 e. The smallest absolute Gasteiger partial charge is 0.0823 e. The quantitative estimate of drug-likeness (QED) is 0.477. The summed E-state index contributed by atoms with van der Waals surface area (Å²) in [4.78, 5) is 1.97. The van der Waals surface area contributed by atoms with Crippen LogP contribution in [0.25, 0.3) is 10.8 Å². The van der Waals surface area contributed by atoms with Crippen molar-refractivity contribution in [2.24, 2.45) is 5.41 Å². The lowest BCUT2D eigenvalue weighted by atomic mass is 9.98. The third-order valence-electron chi connectivity index (χ3n) is 3.42. The Hall–Kier alpha value is -2.53. The molecule has 0 saturated heterocycles. The SMILES string of the molecule is CC(C)(C)C#CC=CCN(C=N)Cc1cccc2ccccc12. The van der Waals surface area contributed by atoms with Crippen molar-refractivity contribution in [3.05, 3.63) is 60.2 Å². The zero-order valence-electron chi connectivity index (χ0n) is 14.1. The van der Waals surface area contributed by atoms with Gasteiger partial charge in [-0.2, -0.15) is 0 Å². The number of allylic oxidation sites excluding steroid dienone is 1. The van der Waals surface area contributed by atoms with Gasteiger partial charge in [-0.1, -0.05) is 60.4 Å². The highest BCUT2D eigenvalue weighted by Crippen LogP contribution is 2.19. The Kier molecular flexibility index (Phi) is 5.60. The Balaban J connectivity index is 2.05. The van der Waals surface area contributed by atoms with Crippen LogP contribution in [0.5, 0.6) is 0 Å². The number of nitrogens with one attached hydrogen (secondary N) is 1. The van der Waals surface area contributed by atoms with E-state index in [1.165, 1.54) is 22.7 Å². The molecular formula is C21H24N2. The summed E-state index contributed by atoms with van der Waals surface area (Å²) in [5, 5.41) is 10.1. The van der Waals surface area contributed by atoms with Gasteiger partial charge < -0.3 is 4.90 Å². The Morgan fingerprint density at radius 1 is 1.09 bits per heavy atom. The summed E-state index contributed by atoms with van der Waals surface area (Å²) in [5.74, 6) is 6.24. The van der Waals surface area contributed by atoms with E-state index in [1.807, 2.05) is 17.1 Å². The van der Waals surface area contributed by atoms with Crippen LogP contribution >= 0.6 is 0 Å². The van der Waals surface area contributed by atoms with Gasteiger partial charge in [0.15, 0.2) is 0 Å². The highest BCUT2D eigenvalue weighted by molar-refractivity contribution is 5.85. The summed E-state index contributed by atoms with van der Waals surface area (Å²) < 4.78 is 0. The molecule has 0 spiro atoms. The van der Waals surface area contributed by atoms with E-state index in [4.69, 9.17) is 5.41 Å². The second-order valence-corrected chi connectivity index (χ2v) is 6.62. The van der Waals surface area contributed by atoms with Gasteiger partial charge in [-0.05, 0) is 43.2 Å². The Labute approximate surface area is 139 Å². The second-order valence-electron chi connectivity index (χ2n) is 6.62. The standard InChI is InChI=1S/C21H24N2/c1-21(2,3)14-7-4-8-15-23(17-22)16-19-12-9-11-18-10-5-6-13-20(18)19/h4-6,8-13,17,22H,15-16H2,1-3H3. The number of hydrogen-bond donors (Lipinski definition) is 1. The molecular weight excluding hydrogens is 280 g/mol. The number of rotatable bonds is 5. The van der Waals surface area contributed by atoms with Crippen LogP contribution in [-0.2, 0) is 6.54 Å². The van der Waals surface area contributed by atoms with Crippen molar-refractivity contribution in [3.63, 3.8) is 0 Å². The monoisotopic (exact) mass is 304 g/mol. The van der Waals surface area contributed by atoms with Crippen LogP contribution in [0.4, 0.5) is 0 Å². The van der Waals surface area contributed by atoms with Gasteiger partial charge in [-0.3, -0.25) is 5.41 Å². The van der Waals surface area contributed by atoms with Gasteiger partial charge in [0.05, 0.1) is 6.34 Å². The van der Waals surface area contributed by atoms with Crippen molar-refractivity contribution < 1.29 is 0 Å². The van der Waals surface area contributed by atoms with Crippen LogP contribution in [-0.4, -0.2) is 17.8 Å². The molecule has 2 aromatic carbocycles. The minimum atomic E-state index is 0.0224. The first-order valence-electron chi connectivity index (χ1n) is 7.88. The Morgan fingerprint density at radius 2 is 1.83 bits per heavy atom. The minimum Gasteiger partial charge on any atom is -0.355 e. The number of hydrogen-bond acceptors (Lipinski definition) is 1. The zero-order chi connectivity index (χ0) is 16.7. The van der Waals surface area contributed by atoms with E-state index in [1.54, 1.807) is 0 Å². The van der Waals surface area contributed by atoms with Gasteiger partial charge in [0, 0.05) is 18.5 Å². The lowest BCUT2D eigenvalue weighted by Crippen LogP contribution is -2.21. The lowest BCUT2D eigenvalue weighted by Gasteiger charge is -2.18. The molecule has 0 fully saturated rings. The van der Waals surface area contributed by atoms with Crippen LogP contribution < -0.4 is 0 Å². The summed E-state index contributed by atoms with van der Waals surface area (Å²) >= 11 is 0. The summed E-state index contributed by atoms with van der Waals surface area (Å²) in [6.45, 7) is 7.70. The fourth-order valence-corrected chi connectivity index (χ4v) is 2.32. The fourth-order valence-electron chi connectivity index (χ4n) is 2.32. The van der Waals surface area contributed by atoms with Crippen molar-refractivity contribution in [2.75, 3.05) is 6.54 Å². The number of fused-ring (bicyclic) bond motifs is 1. The third kappa shape index (κ3) is 5.30. The van der Waals surface area contributed by atoms with Gasteiger partial charge in [0.2, 0.25) is 0 Å². The van der Waals surface area contributed by atoms with Crippen molar-refractivity contribution >= 4 is 17.1 Å². The molecule has 0 atom stereocenters. The maximum Gasteiger partial charge on any atom is 0.0823 e. The first-order chi connectivity index (χ1) is 11.0. The summed E-state index contributed by atoms with van der Waals surface area (Å²) in [5.41, 5.74) is 1.26. The molecule has 2 nitrogen and oxygen atoms in total. The Morgan fingerprint density at radius 3 is 2.57 bits per heavy atom. The molecule has 0 aromatic heterocycles. The lowest BCUT2D eigenvalue weighted by molar-refractivity contribution is 0.470. The van der Waals surface area contributed by atoms with E-state index >= 15 is 0 Å². The first kappa shape index (κ1) is 16.8. The minimum absolute atomic E-state index is 0.0224. The van der Waals surface area contributed by atoms with Gasteiger partial charge in [-0.25, -0.2) is 0 Å². The summed E-state index contributed by atoms with van der Waals surface area (Å²) in [7, 11) is 0. The predicted molar refractivity (Wildman–Crippen MR) is 99.5 cm³/mol. The highest BCUT2D eigenvalue weighted by Gasteiger charge is 2.04. The average molecular weight is 304 g/mol. The Bertz CT molecular complexity index is 749. The molecule has 0 aliphatic heterocycles. The molecule has 118 valence electrons. The van der Waals surface area contributed by atoms with Crippen LogP contribution in [0.15, 0.2) is 54.6 Å².